The molecule has 0 aliphatic carbocycles. The summed E-state index contributed by atoms with van der Waals surface area (Å²) in [6.45, 7) is 1.03. The summed E-state index contributed by atoms with van der Waals surface area (Å²) in [4.78, 5) is 0. The number of hydrogen-bond acceptors (Lipinski definition) is 2. The van der Waals surface area contributed by atoms with Gasteiger partial charge in [0.15, 0.2) is 5.82 Å². The van der Waals surface area contributed by atoms with E-state index in [0.29, 0.717) is 5.92 Å². The zero-order valence-electron chi connectivity index (χ0n) is 13.8. The van der Waals surface area contributed by atoms with Crippen LogP contribution in [0.5, 0.6) is 0 Å². The molecule has 0 spiro atoms. The fourth-order valence-electron chi connectivity index (χ4n) is 3.62. The maximum absolute atomic E-state index is 4.52. The highest BCUT2D eigenvalue weighted by Gasteiger charge is 2.21. The SMILES string of the molecule is c1ccc(C(Cc2[nH]nc3c2CCCCN3)c2ccccc2)cc1. The Labute approximate surface area is 143 Å². The smallest absolute Gasteiger partial charge is 0.151 e. The van der Waals surface area contributed by atoms with Gasteiger partial charge in [-0.2, -0.15) is 5.10 Å². The first-order valence-corrected chi connectivity index (χ1v) is 8.81. The minimum atomic E-state index is 0.347. The number of benzene rings is 2. The fourth-order valence-corrected chi connectivity index (χ4v) is 3.62. The van der Waals surface area contributed by atoms with Crippen molar-refractivity contribution in [2.45, 2.75) is 31.6 Å². The highest BCUT2D eigenvalue weighted by atomic mass is 15.2. The molecular weight excluding hydrogens is 294 g/mol. The Bertz CT molecular complexity index is 738. The lowest BCUT2D eigenvalue weighted by Gasteiger charge is -2.18. The largest absolute Gasteiger partial charge is 0.368 e. The van der Waals surface area contributed by atoms with Gasteiger partial charge in [0.25, 0.3) is 0 Å². The normalized spacial score (nSPS) is 14.0. The molecule has 4 rings (SSSR count). The summed E-state index contributed by atoms with van der Waals surface area (Å²) in [6.07, 6.45) is 4.52. The van der Waals surface area contributed by atoms with E-state index in [9.17, 15) is 0 Å². The second kappa shape index (κ2) is 6.91. The van der Waals surface area contributed by atoms with Gasteiger partial charge in [-0.1, -0.05) is 60.7 Å². The number of fused-ring (bicyclic) bond motifs is 1. The van der Waals surface area contributed by atoms with Gasteiger partial charge in [0.05, 0.1) is 0 Å². The summed E-state index contributed by atoms with van der Waals surface area (Å²) in [7, 11) is 0. The Morgan fingerprint density at radius 2 is 1.54 bits per heavy atom. The zero-order chi connectivity index (χ0) is 16.2. The summed E-state index contributed by atoms with van der Waals surface area (Å²) in [5, 5.41) is 11.3. The summed E-state index contributed by atoms with van der Waals surface area (Å²) < 4.78 is 0. The standard InChI is InChI=1S/C21H23N3/c1-3-9-16(10-4-1)19(17-11-5-2-6-12-17)15-20-18-13-7-8-14-22-21(18)24-23-20/h1-6,9-12,19H,7-8,13-15H2,(H2,22,23,24). The van der Waals surface area contributed by atoms with Gasteiger partial charge in [0.2, 0.25) is 0 Å². The molecule has 122 valence electrons. The van der Waals surface area contributed by atoms with Crippen LogP contribution < -0.4 is 5.32 Å². The molecule has 2 aromatic carbocycles. The molecule has 0 saturated carbocycles. The first kappa shape index (κ1) is 15.0. The van der Waals surface area contributed by atoms with E-state index in [-0.39, 0.29) is 0 Å². The molecule has 2 heterocycles. The molecule has 3 aromatic rings. The van der Waals surface area contributed by atoms with Gasteiger partial charge >= 0.3 is 0 Å². The van der Waals surface area contributed by atoms with Crippen LogP contribution in [0.1, 0.15) is 41.1 Å². The molecule has 0 bridgehead atoms. The Kier molecular flexibility index (Phi) is 4.32. The predicted octanol–water partition coefficient (Wildman–Crippen LogP) is 4.53. The van der Waals surface area contributed by atoms with Gasteiger partial charge in [-0.15, -0.1) is 0 Å². The molecule has 2 N–H and O–H groups in total. The van der Waals surface area contributed by atoms with Gasteiger partial charge in [0.1, 0.15) is 0 Å². The molecule has 3 nitrogen and oxygen atoms in total. The highest BCUT2D eigenvalue weighted by Crippen LogP contribution is 2.31. The molecule has 0 unspecified atom stereocenters. The maximum Gasteiger partial charge on any atom is 0.151 e. The van der Waals surface area contributed by atoms with Crippen molar-refractivity contribution in [1.29, 1.82) is 0 Å². The van der Waals surface area contributed by atoms with Gasteiger partial charge in [0, 0.05) is 30.1 Å². The molecule has 3 heteroatoms. The van der Waals surface area contributed by atoms with Crippen LogP contribution in [0, 0.1) is 0 Å². The molecular formula is C21H23N3. The monoisotopic (exact) mass is 317 g/mol. The van der Waals surface area contributed by atoms with Crippen LogP contribution in [-0.2, 0) is 12.8 Å². The molecule has 0 radical (unpaired) electrons. The maximum atomic E-state index is 4.52. The van der Waals surface area contributed by atoms with E-state index in [1.165, 1.54) is 35.2 Å². The molecule has 0 saturated heterocycles. The van der Waals surface area contributed by atoms with E-state index in [0.717, 1.165) is 25.2 Å². The predicted molar refractivity (Wildman–Crippen MR) is 98.4 cm³/mol. The number of aromatic nitrogens is 2. The van der Waals surface area contributed by atoms with Crippen LogP contribution in [0.3, 0.4) is 0 Å². The molecule has 1 aromatic heterocycles. The van der Waals surface area contributed by atoms with E-state index >= 15 is 0 Å². The number of nitrogens with one attached hydrogen (secondary N) is 2. The Hall–Kier alpha value is -2.55. The first-order chi connectivity index (χ1) is 11.9. The Balaban J connectivity index is 1.69. The van der Waals surface area contributed by atoms with Crippen molar-refractivity contribution < 1.29 is 0 Å². The summed E-state index contributed by atoms with van der Waals surface area (Å²) >= 11 is 0. The van der Waals surface area contributed by atoms with Gasteiger partial charge in [-0.05, 0) is 30.4 Å². The first-order valence-electron chi connectivity index (χ1n) is 8.81. The second-order valence-corrected chi connectivity index (χ2v) is 6.49. The van der Waals surface area contributed by atoms with Crippen LogP contribution in [0.4, 0.5) is 5.82 Å². The van der Waals surface area contributed by atoms with E-state index in [2.05, 4.69) is 76.2 Å². The molecule has 0 atom stereocenters. The summed E-state index contributed by atoms with van der Waals surface area (Å²) in [5.74, 6) is 1.41. The topological polar surface area (TPSA) is 40.7 Å². The van der Waals surface area contributed by atoms with Crippen LogP contribution in [0.2, 0.25) is 0 Å². The quantitative estimate of drug-likeness (QED) is 0.742. The van der Waals surface area contributed by atoms with Gasteiger partial charge in [-0.3, -0.25) is 5.10 Å². The average Bonchev–Trinajstić information content (AvgIpc) is 2.87. The highest BCUT2D eigenvalue weighted by molar-refractivity contribution is 5.48. The van der Waals surface area contributed by atoms with Gasteiger partial charge in [-0.25, -0.2) is 0 Å². The van der Waals surface area contributed by atoms with Crippen LogP contribution in [-0.4, -0.2) is 16.7 Å². The molecule has 0 amide bonds. The molecule has 0 fully saturated rings. The molecule has 24 heavy (non-hydrogen) atoms. The number of H-pyrrole nitrogens is 1. The van der Waals surface area contributed by atoms with Crippen molar-refractivity contribution in [3.63, 3.8) is 0 Å². The van der Waals surface area contributed by atoms with Crippen molar-refractivity contribution in [2.24, 2.45) is 0 Å². The van der Waals surface area contributed by atoms with Crippen molar-refractivity contribution >= 4 is 5.82 Å². The van der Waals surface area contributed by atoms with Crippen LogP contribution in [0.25, 0.3) is 0 Å². The summed E-state index contributed by atoms with van der Waals surface area (Å²) in [5.41, 5.74) is 5.36. The van der Waals surface area contributed by atoms with Gasteiger partial charge < -0.3 is 5.32 Å². The lowest BCUT2D eigenvalue weighted by atomic mass is 9.86. The Morgan fingerprint density at radius 1 is 0.875 bits per heavy atom. The van der Waals surface area contributed by atoms with Crippen molar-refractivity contribution in [3.8, 4) is 0 Å². The van der Waals surface area contributed by atoms with Crippen molar-refractivity contribution in [2.75, 3.05) is 11.9 Å². The number of nitrogens with zero attached hydrogens (tertiary/aromatic N) is 1. The minimum absolute atomic E-state index is 0.347. The van der Waals surface area contributed by atoms with Crippen molar-refractivity contribution in [3.05, 3.63) is 83.0 Å². The van der Waals surface area contributed by atoms with E-state index in [4.69, 9.17) is 0 Å². The van der Waals surface area contributed by atoms with E-state index in [1.54, 1.807) is 0 Å². The fraction of sp³-hybridized carbons (Fsp3) is 0.286. The zero-order valence-corrected chi connectivity index (χ0v) is 13.8. The third-order valence-corrected chi connectivity index (χ3v) is 4.91. The number of rotatable bonds is 4. The third-order valence-electron chi connectivity index (χ3n) is 4.91. The average molecular weight is 317 g/mol. The number of hydrogen-bond donors (Lipinski definition) is 2. The molecule has 1 aliphatic heterocycles. The molecule has 1 aliphatic rings. The minimum Gasteiger partial charge on any atom is -0.368 e. The number of aromatic amines is 1. The number of anilines is 1. The van der Waals surface area contributed by atoms with Crippen LogP contribution in [0.15, 0.2) is 60.7 Å². The second-order valence-electron chi connectivity index (χ2n) is 6.49. The summed E-state index contributed by atoms with van der Waals surface area (Å²) in [6, 6.07) is 21.6. The Morgan fingerprint density at radius 3 is 2.21 bits per heavy atom. The third kappa shape index (κ3) is 3.07. The lowest BCUT2D eigenvalue weighted by Crippen LogP contribution is -2.07. The van der Waals surface area contributed by atoms with E-state index in [1.807, 2.05) is 0 Å². The van der Waals surface area contributed by atoms with Crippen molar-refractivity contribution in [1.82, 2.24) is 10.2 Å². The van der Waals surface area contributed by atoms with Crippen LogP contribution >= 0.6 is 0 Å². The lowest BCUT2D eigenvalue weighted by molar-refractivity contribution is 0.742. The van der Waals surface area contributed by atoms with E-state index < -0.39 is 0 Å².